The zero-order valence-electron chi connectivity index (χ0n) is 9.13. The molecule has 1 aliphatic rings. The molecule has 16 heavy (non-hydrogen) atoms. The molecule has 1 aliphatic carbocycles. The normalized spacial score (nSPS) is 24.9. The second-order valence-corrected chi connectivity index (χ2v) is 7.78. The van der Waals surface area contributed by atoms with Crippen molar-refractivity contribution in [2.45, 2.75) is 35.7 Å². The van der Waals surface area contributed by atoms with Gasteiger partial charge in [0, 0.05) is 0 Å². The Morgan fingerprint density at radius 3 is 2.69 bits per heavy atom. The predicted octanol–water partition coefficient (Wildman–Crippen LogP) is 2.96. The minimum absolute atomic E-state index is 0.538. The summed E-state index contributed by atoms with van der Waals surface area (Å²) < 4.78 is 1.48. The molecule has 0 amide bonds. The van der Waals surface area contributed by atoms with E-state index in [0.29, 0.717) is 20.2 Å². The summed E-state index contributed by atoms with van der Waals surface area (Å²) in [6, 6.07) is 10.8. The van der Waals surface area contributed by atoms with E-state index >= 15 is 0 Å². The first-order valence-electron chi connectivity index (χ1n) is 5.66. The van der Waals surface area contributed by atoms with Gasteiger partial charge >= 0.3 is 108 Å². The standard InChI is InChI=1S/C13H15NSSe/c14-10-15-12-8-4-5-9-13(12)16-11-6-2-1-3-7-11/h1-3,6-7,12-13H,4-5,8-9H2/t12-,13-/m1/s1. The fourth-order valence-corrected chi connectivity index (χ4v) is 6.01. The fraction of sp³-hybridized carbons (Fsp3) is 0.462. The third-order valence-electron chi connectivity index (χ3n) is 2.88. The number of thioether (sulfide) groups is 1. The molecule has 0 saturated heterocycles. The van der Waals surface area contributed by atoms with Crippen molar-refractivity contribution in [3.63, 3.8) is 0 Å². The molecule has 1 nitrogen and oxygen atoms in total. The molecule has 1 saturated carbocycles. The van der Waals surface area contributed by atoms with Crippen LogP contribution in [0, 0.1) is 10.7 Å². The van der Waals surface area contributed by atoms with Gasteiger partial charge in [0.05, 0.1) is 0 Å². The molecule has 0 heterocycles. The van der Waals surface area contributed by atoms with E-state index < -0.39 is 0 Å². The van der Waals surface area contributed by atoms with Crippen molar-refractivity contribution in [3.05, 3.63) is 30.3 Å². The van der Waals surface area contributed by atoms with E-state index in [-0.39, 0.29) is 0 Å². The average Bonchev–Trinajstić information content (AvgIpc) is 2.33. The van der Waals surface area contributed by atoms with Crippen LogP contribution >= 0.6 is 11.8 Å². The van der Waals surface area contributed by atoms with Crippen molar-refractivity contribution in [3.8, 4) is 5.40 Å². The summed E-state index contributed by atoms with van der Waals surface area (Å²) in [4.78, 5) is 0.758. The Bertz CT molecular complexity index is 360. The van der Waals surface area contributed by atoms with Gasteiger partial charge in [-0.15, -0.1) is 0 Å². The number of nitrogens with zero attached hydrogens (tertiary/aromatic N) is 1. The minimum atomic E-state index is 0.538. The quantitative estimate of drug-likeness (QED) is 0.632. The van der Waals surface area contributed by atoms with Crippen molar-refractivity contribution < 1.29 is 0 Å². The molecule has 1 fully saturated rings. The van der Waals surface area contributed by atoms with Crippen molar-refractivity contribution in [1.82, 2.24) is 0 Å². The van der Waals surface area contributed by atoms with Crippen LogP contribution in [0.2, 0.25) is 4.82 Å². The van der Waals surface area contributed by atoms with Gasteiger partial charge in [-0.1, -0.05) is 0 Å². The van der Waals surface area contributed by atoms with Gasteiger partial charge in [0.1, 0.15) is 0 Å². The Labute approximate surface area is 108 Å². The molecule has 0 N–H and O–H groups in total. The Kier molecular flexibility index (Phi) is 4.78. The Hall–Kier alpha value is -0.421. The van der Waals surface area contributed by atoms with Crippen molar-refractivity contribution in [2.24, 2.45) is 0 Å². The van der Waals surface area contributed by atoms with E-state index in [2.05, 4.69) is 35.7 Å². The number of rotatable bonds is 3. The summed E-state index contributed by atoms with van der Waals surface area (Å²) in [6.07, 6.45) is 5.20. The van der Waals surface area contributed by atoms with E-state index in [4.69, 9.17) is 5.26 Å². The summed E-state index contributed by atoms with van der Waals surface area (Å²) in [7, 11) is 0. The number of thiocyanates is 1. The molecule has 3 heteroatoms. The van der Waals surface area contributed by atoms with Gasteiger partial charge in [0.15, 0.2) is 0 Å². The number of hydrogen-bond donors (Lipinski definition) is 0. The maximum atomic E-state index is 8.82. The molecular formula is C13H15NSSe. The van der Waals surface area contributed by atoms with Crippen LogP contribution in [0.5, 0.6) is 0 Å². The molecule has 84 valence electrons. The number of nitriles is 1. The molecule has 0 aliphatic heterocycles. The van der Waals surface area contributed by atoms with E-state index in [1.54, 1.807) is 0 Å². The number of benzene rings is 1. The van der Waals surface area contributed by atoms with Gasteiger partial charge in [-0.25, -0.2) is 0 Å². The molecule has 1 aromatic rings. The first-order valence-corrected chi connectivity index (χ1v) is 8.39. The second-order valence-electron chi connectivity index (χ2n) is 4.00. The third kappa shape index (κ3) is 3.28. The molecule has 0 aromatic heterocycles. The SMILES string of the molecule is N#CS[C@@H]1CCCC[C@H]1[Se]c1ccccc1. The van der Waals surface area contributed by atoms with Crippen molar-refractivity contribution in [2.75, 3.05) is 0 Å². The zero-order valence-corrected chi connectivity index (χ0v) is 11.7. The van der Waals surface area contributed by atoms with Gasteiger partial charge in [-0.2, -0.15) is 0 Å². The predicted molar refractivity (Wildman–Crippen MR) is 71.0 cm³/mol. The third-order valence-corrected chi connectivity index (χ3v) is 7.20. The summed E-state index contributed by atoms with van der Waals surface area (Å²) in [6.45, 7) is 0. The van der Waals surface area contributed by atoms with E-state index in [1.807, 2.05) is 0 Å². The molecule has 0 spiro atoms. The maximum absolute atomic E-state index is 8.82. The topological polar surface area (TPSA) is 23.8 Å². The van der Waals surface area contributed by atoms with Crippen LogP contribution in [0.1, 0.15) is 25.7 Å². The van der Waals surface area contributed by atoms with E-state index in [0.717, 1.165) is 4.82 Å². The average molecular weight is 296 g/mol. The van der Waals surface area contributed by atoms with Crippen LogP contribution in [0.15, 0.2) is 30.3 Å². The van der Waals surface area contributed by atoms with Crippen LogP contribution in [0.4, 0.5) is 0 Å². The molecule has 0 radical (unpaired) electrons. The zero-order chi connectivity index (χ0) is 11.2. The number of hydrogen-bond acceptors (Lipinski definition) is 2. The molecule has 1 aromatic carbocycles. The molecule has 2 rings (SSSR count). The first kappa shape index (κ1) is 12.0. The summed E-state index contributed by atoms with van der Waals surface area (Å²) in [5.41, 5.74) is 0. The van der Waals surface area contributed by atoms with Gasteiger partial charge in [-0.05, 0) is 0 Å². The Morgan fingerprint density at radius 1 is 1.19 bits per heavy atom. The van der Waals surface area contributed by atoms with Crippen LogP contribution < -0.4 is 4.46 Å². The summed E-state index contributed by atoms with van der Waals surface area (Å²) >= 11 is 2.04. The van der Waals surface area contributed by atoms with Gasteiger partial charge in [0.2, 0.25) is 0 Å². The van der Waals surface area contributed by atoms with Crippen molar-refractivity contribution in [1.29, 1.82) is 5.26 Å². The molecule has 0 bridgehead atoms. The van der Waals surface area contributed by atoms with Crippen LogP contribution in [-0.4, -0.2) is 20.2 Å². The van der Waals surface area contributed by atoms with Crippen LogP contribution in [0.25, 0.3) is 0 Å². The monoisotopic (exact) mass is 297 g/mol. The van der Waals surface area contributed by atoms with Crippen molar-refractivity contribution >= 4 is 31.2 Å². The second kappa shape index (κ2) is 6.35. The van der Waals surface area contributed by atoms with Crippen LogP contribution in [-0.2, 0) is 0 Å². The Morgan fingerprint density at radius 2 is 1.94 bits per heavy atom. The van der Waals surface area contributed by atoms with Crippen LogP contribution in [0.3, 0.4) is 0 Å². The summed E-state index contributed by atoms with van der Waals surface area (Å²) in [5, 5.41) is 11.7. The molecule has 2 atom stereocenters. The van der Waals surface area contributed by atoms with E-state index in [9.17, 15) is 0 Å². The fourth-order valence-electron chi connectivity index (χ4n) is 2.07. The Balaban J connectivity index is 1.99. The summed E-state index contributed by atoms with van der Waals surface area (Å²) in [5.74, 6) is 0. The first-order chi connectivity index (χ1) is 7.90. The van der Waals surface area contributed by atoms with Gasteiger partial charge in [0.25, 0.3) is 0 Å². The van der Waals surface area contributed by atoms with Gasteiger partial charge < -0.3 is 0 Å². The van der Waals surface area contributed by atoms with E-state index in [1.165, 1.54) is 41.9 Å². The molecule has 0 unspecified atom stereocenters. The van der Waals surface area contributed by atoms with Gasteiger partial charge in [-0.3, -0.25) is 0 Å². The molecular weight excluding hydrogens is 281 g/mol.